The summed E-state index contributed by atoms with van der Waals surface area (Å²) in [6.45, 7) is 0.953. The molecule has 2 aromatic carbocycles. The summed E-state index contributed by atoms with van der Waals surface area (Å²) in [7, 11) is 1.82. The van der Waals surface area contributed by atoms with Gasteiger partial charge in [0.15, 0.2) is 11.5 Å². The summed E-state index contributed by atoms with van der Waals surface area (Å²) in [5.74, 6) is 1.20. The van der Waals surface area contributed by atoms with Crippen molar-refractivity contribution in [2.45, 2.75) is 4.90 Å². The Bertz CT molecular complexity index is 1430. The lowest BCUT2D eigenvalue weighted by Gasteiger charge is -2.11. The predicted molar refractivity (Wildman–Crippen MR) is 135 cm³/mol. The van der Waals surface area contributed by atoms with Crippen molar-refractivity contribution < 1.29 is 13.2 Å². The molecule has 0 radical (unpaired) electrons. The van der Waals surface area contributed by atoms with E-state index in [0.29, 0.717) is 35.7 Å². The molecule has 0 unspecified atom stereocenters. The molecule has 0 bridgehead atoms. The molecule has 35 heavy (non-hydrogen) atoms. The van der Waals surface area contributed by atoms with Crippen molar-refractivity contribution in [2.24, 2.45) is 5.10 Å². The number of rotatable bonds is 10. The normalized spacial score (nSPS) is 12.0. The number of nitrogens with zero attached hydrogens (tertiary/aromatic N) is 6. The van der Waals surface area contributed by atoms with Gasteiger partial charge in [0.2, 0.25) is 10.0 Å². The van der Waals surface area contributed by atoms with Crippen LogP contribution in [-0.4, -0.2) is 73.6 Å². The fraction of sp³-hybridized carbons (Fsp3) is 0.217. The largest absolute Gasteiger partial charge is 0.497 e. The first kappa shape index (κ1) is 24.3. The van der Waals surface area contributed by atoms with E-state index in [0.717, 1.165) is 11.3 Å². The molecular formula is C23H26N8O3S. The molecule has 0 saturated carbocycles. The number of aromatic nitrogens is 4. The molecule has 0 aliphatic rings. The highest BCUT2D eigenvalue weighted by molar-refractivity contribution is 7.89. The van der Waals surface area contributed by atoms with Crippen molar-refractivity contribution in [3.05, 3.63) is 66.6 Å². The zero-order chi connectivity index (χ0) is 24.8. The molecule has 0 aliphatic carbocycles. The average molecular weight is 495 g/mol. The standard InChI is InChI=1S/C23H26N8O3S/c1-30(2)12-11-28-35(32,33)20-9-7-17(8-10-20)14-26-29-22-21-15-27-31(23(21)25-16-24-22)18-5-4-6-19(13-18)34-3/h4-10,13-16,28H,11-12H2,1-3H3,(H,24,25,29)/b26-14+. The Morgan fingerprint density at radius 3 is 2.69 bits per heavy atom. The summed E-state index contributed by atoms with van der Waals surface area (Å²) in [6, 6.07) is 14.0. The zero-order valence-corrected chi connectivity index (χ0v) is 20.4. The SMILES string of the molecule is COc1cccc(-n2ncc3c(N/N=C/c4ccc(S(=O)(=O)NCCN(C)C)cc4)ncnc32)c1. The number of likely N-dealkylation sites (N-methyl/N-ethyl adjacent to an activating group) is 1. The Hall–Kier alpha value is -3.87. The van der Waals surface area contributed by atoms with Gasteiger partial charge < -0.3 is 9.64 Å². The van der Waals surface area contributed by atoms with Crippen LogP contribution in [0.1, 0.15) is 5.56 Å². The predicted octanol–water partition coefficient (Wildman–Crippen LogP) is 2.11. The smallest absolute Gasteiger partial charge is 0.240 e. The van der Waals surface area contributed by atoms with Crippen molar-refractivity contribution in [1.29, 1.82) is 0 Å². The summed E-state index contributed by atoms with van der Waals surface area (Å²) in [6.07, 6.45) is 4.67. The van der Waals surface area contributed by atoms with Crippen molar-refractivity contribution >= 4 is 33.1 Å². The van der Waals surface area contributed by atoms with E-state index >= 15 is 0 Å². The molecule has 2 N–H and O–H groups in total. The number of hydrogen-bond acceptors (Lipinski definition) is 9. The van der Waals surface area contributed by atoms with Crippen LogP contribution in [0.25, 0.3) is 16.7 Å². The minimum atomic E-state index is -3.56. The van der Waals surface area contributed by atoms with E-state index in [2.05, 4.69) is 30.3 Å². The number of sulfonamides is 1. The second-order valence-corrected chi connectivity index (χ2v) is 9.62. The maximum atomic E-state index is 12.4. The van der Waals surface area contributed by atoms with Gasteiger partial charge in [-0.2, -0.15) is 10.2 Å². The fourth-order valence-electron chi connectivity index (χ4n) is 3.25. The fourth-order valence-corrected chi connectivity index (χ4v) is 4.27. The Morgan fingerprint density at radius 1 is 1.14 bits per heavy atom. The zero-order valence-electron chi connectivity index (χ0n) is 19.6. The van der Waals surface area contributed by atoms with E-state index in [1.54, 1.807) is 48.5 Å². The lowest BCUT2D eigenvalue weighted by Crippen LogP contribution is -2.31. The Balaban J connectivity index is 1.46. The molecule has 0 amide bonds. The number of ether oxygens (including phenoxy) is 1. The number of methoxy groups -OCH3 is 1. The second kappa shape index (κ2) is 10.6. The van der Waals surface area contributed by atoms with Gasteiger partial charge in [-0.05, 0) is 43.9 Å². The first-order valence-electron chi connectivity index (χ1n) is 10.7. The summed E-state index contributed by atoms with van der Waals surface area (Å²) in [5.41, 5.74) is 5.05. The van der Waals surface area contributed by atoms with Crippen LogP contribution in [-0.2, 0) is 10.0 Å². The molecule has 0 saturated heterocycles. The highest BCUT2D eigenvalue weighted by atomic mass is 32.2. The van der Waals surface area contributed by atoms with Gasteiger partial charge in [0.1, 0.15) is 12.1 Å². The van der Waals surface area contributed by atoms with Gasteiger partial charge in [-0.3, -0.25) is 5.43 Å². The molecule has 182 valence electrons. The van der Waals surface area contributed by atoms with E-state index in [-0.39, 0.29) is 4.90 Å². The summed E-state index contributed by atoms with van der Waals surface area (Å²) in [5, 5.41) is 9.36. The highest BCUT2D eigenvalue weighted by Gasteiger charge is 2.13. The van der Waals surface area contributed by atoms with Crippen LogP contribution in [0.15, 0.2) is 71.1 Å². The molecule has 0 spiro atoms. The van der Waals surface area contributed by atoms with Gasteiger partial charge in [0.05, 0.1) is 35.5 Å². The lowest BCUT2D eigenvalue weighted by atomic mass is 10.2. The summed E-state index contributed by atoms with van der Waals surface area (Å²) in [4.78, 5) is 10.7. The third-order valence-electron chi connectivity index (χ3n) is 5.09. The molecule has 0 fully saturated rings. The summed E-state index contributed by atoms with van der Waals surface area (Å²) < 4.78 is 34.3. The number of nitrogens with one attached hydrogen (secondary N) is 2. The molecule has 0 aliphatic heterocycles. The van der Waals surface area contributed by atoms with Gasteiger partial charge in [-0.1, -0.05) is 18.2 Å². The summed E-state index contributed by atoms with van der Waals surface area (Å²) >= 11 is 0. The third-order valence-corrected chi connectivity index (χ3v) is 6.57. The molecular weight excluding hydrogens is 468 g/mol. The molecule has 11 nitrogen and oxygen atoms in total. The maximum absolute atomic E-state index is 12.4. The lowest BCUT2D eigenvalue weighted by molar-refractivity contribution is 0.412. The molecule has 4 aromatic rings. The van der Waals surface area contributed by atoms with Gasteiger partial charge in [-0.25, -0.2) is 27.8 Å². The van der Waals surface area contributed by atoms with Gasteiger partial charge in [-0.15, -0.1) is 0 Å². The van der Waals surface area contributed by atoms with Crippen LogP contribution in [0.3, 0.4) is 0 Å². The number of fused-ring (bicyclic) bond motifs is 1. The first-order chi connectivity index (χ1) is 16.9. The number of benzene rings is 2. The van der Waals surface area contributed by atoms with Crippen LogP contribution in [0.5, 0.6) is 5.75 Å². The van der Waals surface area contributed by atoms with Gasteiger partial charge >= 0.3 is 0 Å². The van der Waals surface area contributed by atoms with E-state index in [1.165, 1.54) is 6.33 Å². The third kappa shape index (κ3) is 5.80. The van der Waals surface area contributed by atoms with Gasteiger partial charge in [0.25, 0.3) is 0 Å². The van der Waals surface area contributed by atoms with Crippen molar-refractivity contribution in [2.75, 3.05) is 39.7 Å². The van der Waals surface area contributed by atoms with E-state index in [1.807, 2.05) is 43.3 Å². The quantitative estimate of drug-likeness (QED) is 0.254. The Labute approximate surface area is 203 Å². The van der Waals surface area contributed by atoms with E-state index in [9.17, 15) is 8.42 Å². The Kier molecular flexibility index (Phi) is 7.34. The molecule has 4 rings (SSSR count). The Morgan fingerprint density at radius 2 is 1.94 bits per heavy atom. The number of hydrazone groups is 1. The van der Waals surface area contributed by atoms with Crippen molar-refractivity contribution in [1.82, 2.24) is 29.4 Å². The monoisotopic (exact) mass is 494 g/mol. The topological polar surface area (TPSA) is 127 Å². The minimum absolute atomic E-state index is 0.198. The van der Waals surface area contributed by atoms with Crippen molar-refractivity contribution in [3.8, 4) is 11.4 Å². The van der Waals surface area contributed by atoms with Gasteiger partial charge in [0, 0.05) is 19.2 Å². The molecule has 12 heteroatoms. The highest BCUT2D eigenvalue weighted by Crippen LogP contribution is 2.23. The van der Waals surface area contributed by atoms with Crippen LogP contribution >= 0.6 is 0 Å². The molecule has 0 atom stereocenters. The van der Waals surface area contributed by atoms with E-state index < -0.39 is 10.0 Å². The average Bonchev–Trinajstić information content (AvgIpc) is 3.29. The van der Waals surface area contributed by atoms with Crippen LogP contribution in [0.2, 0.25) is 0 Å². The second-order valence-electron chi connectivity index (χ2n) is 7.86. The van der Waals surface area contributed by atoms with Crippen molar-refractivity contribution in [3.63, 3.8) is 0 Å². The van der Waals surface area contributed by atoms with E-state index in [4.69, 9.17) is 4.74 Å². The molecule has 2 heterocycles. The number of hydrogen-bond donors (Lipinski definition) is 2. The first-order valence-corrected chi connectivity index (χ1v) is 12.2. The molecule has 2 aromatic heterocycles. The number of anilines is 1. The maximum Gasteiger partial charge on any atom is 0.240 e. The van der Waals surface area contributed by atoms with Crippen LogP contribution in [0, 0.1) is 0 Å². The van der Waals surface area contributed by atoms with Crippen LogP contribution in [0.4, 0.5) is 5.82 Å². The van der Waals surface area contributed by atoms with Crippen LogP contribution < -0.4 is 14.9 Å². The minimum Gasteiger partial charge on any atom is -0.497 e.